The van der Waals surface area contributed by atoms with Crippen molar-refractivity contribution in [2.24, 2.45) is 5.41 Å². The number of anilines is 2. The van der Waals surface area contributed by atoms with E-state index in [1.807, 2.05) is 11.0 Å². The zero-order valence-electron chi connectivity index (χ0n) is 28.9. The predicted octanol–water partition coefficient (Wildman–Crippen LogP) is 7.03. The number of likely N-dealkylation sites (tertiary alicyclic amines) is 1. The summed E-state index contributed by atoms with van der Waals surface area (Å²) in [4.78, 5) is 12.0. The van der Waals surface area contributed by atoms with Gasteiger partial charge in [-0.25, -0.2) is 8.78 Å². The topological polar surface area (TPSA) is 103 Å². The summed E-state index contributed by atoms with van der Waals surface area (Å²) >= 11 is 1.01. The number of hydrogen-bond donors (Lipinski definition) is 2. The molecule has 3 saturated heterocycles. The molecule has 5 heterocycles. The molecule has 0 unspecified atom stereocenters. The second-order valence-electron chi connectivity index (χ2n) is 12.7. The lowest BCUT2D eigenvalue weighted by atomic mass is 9.74. The van der Waals surface area contributed by atoms with E-state index >= 15 is 4.39 Å². The van der Waals surface area contributed by atoms with Gasteiger partial charge in [0, 0.05) is 68.8 Å². The van der Waals surface area contributed by atoms with Gasteiger partial charge in [-0.15, -0.1) is 11.3 Å². The number of thiophene rings is 1. The van der Waals surface area contributed by atoms with Gasteiger partial charge in [0.05, 0.1) is 17.5 Å². The molecular formula is C34H34F5N7OS. The number of nitrogens with two attached hydrogens (primary N) is 1. The Labute approximate surface area is 282 Å². The monoisotopic (exact) mass is 686 g/mol. The summed E-state index contributed by atoms with van der Waals surface area (Å²) in [5.74, 6) is -1.23. The number of nitrogen functional groups attached to an aromatic ring is 1. The highest BCUT2D eigenvalue weighted by Gasteiger charge is 2.41. The fraction of sp³-hybridized carbons (Fsp3) is 0.441. The van der Waals surface area contributed by atoms with E-state index < -0.39 is 41.0 Å². The van der Waals surface area contributed by atoms with Gasteiger partial charge in [0.25, 0.3) is 0 Å². The van der Waals surface area contributed by atoms with Crippen LogP contribution in [0.15, 0.2) is 36.2 Å². The first-order valence-corrected chi connectivity index (χ1v) is 16.5. The van der Waals surface area contributed by atoms with E-state index in [0.717, 1.165) is 30.2 Å². The van der Waals surface area contributed by atoms with Crippen molar-refractivity contribution in [2.45, 2.75) is 50.9 Å². The van der Waals surface area contributed by atoms with Crippen molar-refractivity contribution in [3.05, 3.63) is 53.1 Å². The van der Waals surface area contributed by atoms with Crippen molar-refractivity contribution in [1.29, 1.82) is 5.26 Å². The Kier molecular flexibility index (Phi) is 7.30. The largest absolute Gasteiger partial charge is 0.462 e. The maximum Gasteiger partial charge on any atom is 0.417 e. The summed E-state index contributed by atoms with van der Waals surface area (Å²) in [5.41, 5.74) is 2.60. The van der Waals surface area contributed by atoms with Crippen LogP contribution in [0.5, 0.6) is 6.01 Å². The third kappa shape index (κ3) is 5.41. The first-order valence-electron chi connectivity index (χ1n) is 17.2. The fourth-order valence-corrected chi connectivity index (χ4v) is 8.41. The Morgan fingerprint density at radius 3 is 2.71 bits per heavy atom. The number of benzene rings is 2. The number of fused-ring (bicyclic) bond motifs is 4. The minimum absolute atomic E-state index is 0.0455. The molecule has 0 saturated carbocycles. The summed E-state index contributed by atoms with van der Waals surface area (Å²) in [5, 5.41) is 13.4. The van der Waals surface area contributed by atoms with Crippen LogP contribution in [0.4, 0.5) is 32.8 Å². The minimum atomic E-state index is -5.02. The molecule has 2 bridgehead atoms. The van der Waals surface area contributed by atoms with Gasteiger partial charge in [-0.2, -0.15) is 28.4 Å². The number of nitriles is 1. The molecule has 2 aromatic heterocycles. The summed E-state index contributed by atoms with van der Waals surface area (Å²) in [6.07, 6.45) is -2.42. The van der Waals surface area contributed by atoms with E-state index in [1.54, 1.807) is 13.0 Å². The average molecular weight is 687 g/mol. The van der Waals surface area contributed by atoms with E-state index in [9.17, 15) is 22.8 Å². The molecule has 48 heavy (non-hydrogen) atoms. The number of nitrogens with zero attached hydrogens (tertiary/aromatic N) is 5. The summed E-state index contributed by atoms with van der Waals surface area (Å²) in [7, 11) is 0. The number of aromatic nitrogens is 2. The first kappa shape index (κ1) is 28.9. The predicted molar refractivity (Wildman–Crippen MR) is 176 cm³/mol. The normalized spacial score (nSPS) is 25.3. The molecule has 2 aromatic carbocycles. The van der Waals surface area contributed by atoms with Crippen molar-refractivity contribution in [3.8, 4) is 23.2 Å². The van der Waals surface area contributed by atoms with E-state index in [2.05, 4.69) is 15.3 Å². The van der Waals surface area contributed by atoms with Gasteiger partial charge in [-0.3, -0.25) is 0 Å². The second-order valence-corrected chi connectivity index (χ2v) is 13.8. The van der Waals surface area contributed by atoms with Crippen LogP contribution in [-0.4, -0.2) is 66.7 Å². The number of rotatable bonds is 6. The van der Waals surface area contributed by atoms with Crippen molar-refractivity contribution in [1.82, 2.24) is 20.2 Å². The highest BCUT2D eigenvalue weighted by molar-refractivity contribution is 7.23. The Hall–Kier alpha value is -4.06. The lowest BCUT2D eigenvalue weighted by Crippen LogP contribution is -2.51. The number of halogens is 5. The third-order valence-electron chi connectivity index (χ3n) is 9.95. The van der Waals surface area contributed by atoms with Gasteiger partial charge < -0.3 is 25.6 Å². The van der Waals surface area contributed by atoms with Gasteiger partial charge in [-0.05, 0) is 55.9 Å². The van der Waals surface area contributed by atoms with Crippen molar-refractivity contribution in [2.75, 3.05) is 50.4 Å². The average Bonchev–Trinajstić information content (AvgIpc) is 3.61. The number of piperidine rings is 1. The van der Waals surface area contributed by atoms with Gasteiger partial charge in [-0.1, -0.05) is 19.1 Å². The lowest BCUT2D eigenvalue weighted by Gasteiger charge is -2.42. The molecule has 3 fully saturated rings. The van der Waals surface area contributed by atoms with Gasteiger partial charge in [0.1, 0.15) is 29.0 Å². The van der Waals surface area contributed by atoms with Gasteiger partial charge in [0.2, 0.25) is 0 Å². The molecule has 4 aromatic rings. The highest BCUT2D eigenvalue weighted by Crippen LogP contribution is 2.48. The molecule has 8 nitrogen and oxygen atoms in total. The molecule has 0 radical (unpaired) electrons. The Morgan fingerprint density at radius 2 is 2.04 bits per heavy atom. The SMILES string of the molecule is [2H]C([2H])([2H])N1CC/C(=C\F)[C@](CC)(COc2nc(N3C[C@H]4CC[C@@H](C3)N4)c3cc(C(F)(F)F)c(-c4cccc5sc(N)c(C#N)c45)c(F)c3n2)C1. The number of hydrogen-bond acceptors (Lipinski definition) is 9. The standard InChI is InChI=1S/C34H34F5N7OS/c1-3-33(16-45(2)10-9-18(33)12-35)17-47-32-43-29-22(31(44-32)46-14-19-7-8-20(15-46)42-19)11-24(34(37,38)39)27(28(29)36)21-5-4-6-25-26(21)23(13-40)30(41)48-25/h4-6,11-12,19-20,42H,3,7-10,14-17,41H2,1-2H3/b18-12+/t19-,20+,33-/m0/s1/i2D3. The Morgan fingerprint density at radius 1 is 1.27 bits per heavy atom. The maximum atomic E-state index is 17.1. The molecule has 3 aliphatic rings. The van der Waals surface area contributed by atoms with Crippen LogP contribution in [-0.2, 0) is 6.18 Å². The zero-order valence-corrected chi connectivity index (χ0v) is 26.7. The summed E-state index contributed by atoms with van der Waals surface area (Å²) < 4.78 is 107. The molecule has 7 rings (SSSR count). The third-order valence-corrected chi connectivity index (χ3v) is 10.9. The molecule has 3 aliphatic heterocycles. The van der Waals surface area contributed by atoms with E-state index in [0.29, 0.717) is 36.1 Å². The van der Waals surface area contributed by atoms with Gasteiger partial charge >= 0.3 is 12.2 Å². The van der Waals surface area contributed by atoms with Crippen LogP contribution >= 0.6 is 11.3 Å². The minimum Gasteiger partial charge on any atom is -0.462 e. The number of ether oxygens (including phenoxy) is 1. The summed E-state index contributed by atoms with van der Waals surface area (Å²) in [6.45, 7) is -0.0798. The van der Waals surface area contributed by atoms with Crippen LogP contribution in [0.3, 0.4) is 0 Å². The molecule has 0 aliphatic carbocycles. The molecule has 3 atom stereocenters. The second kappa shape index (κ2) is 12.1. The number of nitrogens with one attached hydrogen (secondary N) is 1. The highest BCUT2D eigenvalue weighted by atomic mass is 32.1. The quantitative estimate of drug-likeness (QED) is 0.209. The van der Waals surface area contributed by atoms with Crippen LogP contribution in [0.2, 0.25) is 0 Å². The van der Waals surface area contributed by atoms with Crippen LogP contribution in [0.1, 0.15) is 47.8 Å². The first-order chi connectivity index (χ1) is 24.2. The van der Waals surface area contributed by atoms with Crippen molar-refractivity contribution in [3.63, 3.8) is 0 Å². The Bertz CT molecular complexity index is 2090. The van der Waals surface area contributed by atoms with E-state index in [-0.39, 0.29) is 76.9 Å². The number of piperazine rings is 1. The summed E-state index contributed by atoms with van der Waals surface area (Å²) in [6, 6.07) is 6.93. The molecule has 0 amide bonds. The zero-order chi connectivity index (χ0) is 36.5. The fourth-order valence-electron chi connectivity index (χ4n) is 7.46. The molecule has 3 N–H and O–H groups in total. The molecular weight excluding hydrogens is 649 g/mol. The van der Waals surface area contributed by atoms with Crippen LogP contribution in [0, 0.1) is 22.6 Å². The van der Waals surface area contributed by atoms with E-state index in [4.69, 9.17) is 14.6 Å². The molecule has 14 heteroatoms. The van der Waals surface area contributed by atoms with Crippen LogP contribution in [0.25, 0.3) is 32.1 Å². The number of alkyl halides is 3. The maximum absolute atomic E-state index is 17.1. The Balaban J connectivity index is 1.43. The molecule has 0 spiro atoms. The lowest BCUT2D eigenvalue weighted by molar-refractivity contribution is -0.137. The van der Waals surface area contributed by atoms with Crippen molar-refractivity contribution >= 4 is 43.1 Å². The van der Waals surface area contributed by atoms with E-state index in [1.165, 1.54) is 17.0 Å². The molecule has 252 valence electrons. The smallest absolute Gasteiger partial charge is 0.417 e. The van der Waals surface area contributed by atoms with Crippen LogP contribution < -0.4 is 20.7 Å². The van der Waals surface area contributed by atoms with Crippen molar-refractivity contribution < 1.29 is 30.8 Å². The van der Waals surface area contributed by atoms with Gasteiger partial charge in [0.15, 0.2) is 5.82 Å².